The predicted molar refractivity (Wildman–Crippen MR) is 184 cm³/mol. The number of alkyl carbamates (subject to hydrolysis) is 1. The van der Waals surface area contributed by atoms with Gasteiger partial charge in [-0.3, -0.25) is 9.48 Å². The molecule has 0 aliphatic carbocycles. The summed E-state index contributed by atoms with van der Waals surface area (Å²) in [6.07, 6.45) is 2.78. The zero-order valence-corrected chi connectivity index (χ0v) is 26.9. The Kier molecular flexibility index (Phi) is 10.9. The van der Waals surface area contributed by atoms with E-state index in [1.807, 2.05) is 126 Å². The van der Waals surface area contributed by atoms with E-state index in [1.165, 1.54) is 7.11 Å². The summed E-state index contributed by atoms with van der Waals surface area (Å²) in [4.78, 5) is 26.6. The van der Waals surface area contributed by atoms with Gasteiger partial charge in [-0.15, -0.1) is 5.10 Å². The monoisotopic (exact) mass is 644 g/mol. The maximum atomic E-state index is 14.1. The van der Waals surface area contributed by atoms with Crippen LogP contribution in [0.1, 0.15) is 29.0 Å². The Labute approximate surface area is 280 Å². The molecule has 4 aromatic carbocycles. The number of carbonyl (C=O) groups excluding carboxylic acids is 2. The third kappa shape index (κ3) is 8.33. The highest BCUT2D eigenvalue weighted by Gasteiger charge is 2.33. The van der Waals surface area contributed by atoms with Crippen LogP contribution in [0.4, 0.5) is 10.5 Å². The van der Waals surface area contributed by atoms with Crippen LogP contribution in [0.25, 0.3) is 11.3 Å². The average molecular weight is 645 g/mol. The molecule has 0 radical (unpaired) electrons. The molecule has 1 unspecified atom stereocenters. The van der Waals surface area contributed by atoms with Gasteiger partial charge in [-0.2, -0.15) is 0 Å². The van der Waals surface area contributed by atoms with Crippen LogP contribution in [0, 0.1) is 0 Å². The molecule has 246 valence electrons. The van der Waals surface area contributed by atoms with Gasteiger partial charge in [0.2, 0.25) is 5.91 Å². The molecule has 3 N–H and O–H groups in total. The van der Waals surface area contributed by atoms with Crippen LogP contribution in [-0.2, 0) is 27.2 Å². The lowest BCUT2D eigenvalue weighted by molar-refractivity contribution is -0.118. The van der Waals surface area contributed by atoms with Gasteiger partial charge < -0.3 is 25.4 Å². The SMILES string of the molecule is COC(=O)NC(C(=O)Nc1ccccc1CC[C@@H]1CN[C@H](Cn2cc(-c3ccccc3)nn2)CO1)C(c1ccccc1)c1ccccc1. The van der Waals surface area contributed by atoms with E-state index in [-0.39, 0.29) is 18.1 Å². The van der Waals surface area contributed by atoms with Crippen LogP contribution in [0.15, 0.2) is 121 Å². The molecule has 1 aromatic heterocycles. The maximum absolute atomic E-state index is 14.1. The minimum atomic E-state index is -0.938. The summed E-state index contributed by atoms with van der Waals surface area (Å²) >= 11 is 0. The van der Waals surface area contributed by atoms with E-state index in [9.17, 15) is 9.59 Å². The summed E-state index contributed by atoms with van der Waals surface area (Å²) in [7, 11) is 1.29. The fraction of sp³-hybridized carbons (Fsp3) is 0.263. The molecule has 3 atom stereocenters. The van der Waals surface area contributed by atoms with Crippen LogP contribution in [-0.4, -0.2) is 65.4 Å². The van der Waals surface area contributed by atoms with E-state index in [0.717, 1.165) is 34.4 Å². The molecule has 1 aliphatic heterocycles. The van der Waals surface area contributed by atoms with Crippen molar-refractivity contribution < 1.29 is 19.1 Å². The average Bonchev–Trinajstić information content (AvgIpc) is 3.61. The Hall–Kier alpha value is -5.32. The van der Waals surface area contributed by atoms with Crippen LogP contribution in [0.5, 0.6) is 0 Å². The van der Waals surface area contributed by atoms with Gasteiger partial charge in [0.05, 0.1) is 38.6 Å². The number of hydrogen-bond acceptors (Lipinski definition) is 7. The molecule has 1 fully saturated rings. The third-order valence-electron chi connectivity index (χ3n) is 8.59. The highest BCUT2D eigenvalue weighted by molar-refractivity contribution is 5.98. The number of ether oxygens (including phenoxy) is 2. The first-order valence-corrected chi connectivity index (χ1v) is 16.2. The lowest BCUT2D eigenvalue weighted by Gasteiger charge is -2.30. The number of benzene rings is 4. The zero-order valence-electron chi connectivity index (χ0n) is 26.9. The number of anilines is 1. The lowest BCUT2D eigenvalue weighted by atomic mass is 9.84. The number of morpholine rings is 1. The molecular formula is C38H40N6O4. The Morgan fingerprint density at radius 1 is 0.917 bits per heavy atom. The van der Waals surface area contributed by atoms with Crippen molar-refractivity contribution >= 4 is 17.7 Å². The smallest absolute Gasteiger partial charge is 0.407 e. The quantitative estimate of drug-likeness (QED) is 0.166. The predicted octanol–water partition coefficient (Wildman–Crippen LogP) is 5.43. The third-order valence-corrected chi connectivity index (χ3v) is 8.59. The number of aryl methyl sites for hydroxylation is 1. The van der Waals surface area contributed by atoms with Gasteiger partial charge in [0, 0.05) is 23.7 Å². The van der Waals surface area contributed by atoms with Gasteiger partial charge in [0.1, 0.15) is 11.7 Å². The van der Waals surface area contributed by atoms with Gasteiger partial charge in [0.25, 0.3) is 0 Å². The summed E-state index contributed by atoms with van der Waals surface area (Å²) in [6, 6.07) is 36.3. The molecule has 0 bridgehead atoms. The van der Waals surface area contributed by atoms with Crippen molar-refractivity contribution in [2.45, 2.75) is 43.5 Å². The summed E-state index contributed by atoms with van der Waals surface area (Å²) in [5.74, 6) is -0.789. The number of rotatable bonds is 12. The Morgan fingerprint density at radius 3 is 2.21 bits per heavy atom. The van der Waals surface area contributed by atoms with Crippen molar-refractivity contribution in [3.63, 3.8) is 0 Å². The van der Waals surface area contributed by atoms with Crippen molar-refractivity contribution in [2.75, 3.05) is 25.6 Å². The minimum absolute atomic E-state index is 0.0231. The number of nitrogens with zero attached hydrogens (tertiary/aromatic N) is 3. The molecule has 10 heteroatoms. The zero-order chi connectivity index (χ0) is 33.1. The molecule has 6 rings (SSSR count). The Balaban J connectivity index is 1.09. The van der Waals surface area contributed by atoms with Gasteiger partial charge in [0.15, 0.2) is 0 Å². The first-order valence-electron chi connectivity index (χ1n) is 16.2. The molecule has 0 spiro atoms. The summed E-state index contributed by atoms with van der Waals surface area (Å²) in [5.41, 5.74) is 5.36. The Bertz CT molecular complexity index is 1720. The van der Waals surface area contributed by atoms with Crippen LogP contribution >= 0.6 is 0 Å². The van der Waals surface area contributed by atoms with Gasteiger partial charge in [-0.1, -0.05) is 114 Å². The second kappa shape index (κ2) is 16.0. The van der Waals surface area contributed by atoms with Crippen molar-refractivity contribution in [2.24, 2.45) is 0 Å². The van der Waals surface area contributed by atoms with Gasteiger partial charge in [-0.05, 0) is 35.6 Å². The molecule has 10 nitrogen and oxygen atoms in total. The van der Waals surface area contributed by atoms with Gasteiger partial charge >= 0.3 is 6.09 Å². The Morgan fingerprint density at radius 2 is 1.56 bits per heavy atom. The number of aromatic nitrogens is 3. The molecule has 1 saturated heterocycles. The number of methoxy groups -OCH3 is 1. The largest absolute Gasteiger partial charge is 0.453 e. The second-order valence-electron chi connectivity index (χ2n) is 11.9. The van der Waals surface area contributed by atoms with Crippen molar-refractivity contribution in [1.82, 2.24) is 25.6 Å². The highest BCUT2D eigenvalue weighted by Crippen LogP contribution is 2.30. The minimum Gasteiger partial charge on any atom is -0.453 e. The number of amides is 2. The van der Waals surface area contributed by atoms with E-state index in [1.54, 1.807) is 0 Å². The van der Waals surface area contributed by atoms with Crippen LogP contribution < -0.4 is 16.0 Å². The molecule has 1 aliphatic rings. The van der Waals surface area contributed by atoms with E-state index in [4.69, 9.17) is 9.47 Å². The van der Waals surface area contributed by atoms with Crippen LogP contribution in [0.3, 0.4) is 0 Å². The van der Waals surface area contributed by atoms with Crippen molar-refractivity contribution in [3.8, 4) is 11.3 Å². The normalized spacial score (nSPS) is 16.6. The standard InChI is InChI=1S/C38H40N6O4/c1-47-38(46)41-36(35(29-16-7-3-8-17-29)30-18-9-4-10-19-30)37(45)40-33-20-12-11-15-28(33)21-22-32-23-39-31(26-48-32)24-44-25-34(42-43-44)27-13-5-2-6-14-27/h2-20,25,31-32,35-36,39H,21-24,26H2,1H3,(H,40,45)(H,41,46)/t31-,32-,36?/m1/s1. The first-order chi connectivity index (χ1) is 23.6. The molecular weight excluding hydrogens is 604 g/mol. The first kappa shape index (κ1) is 32.6. The topological polar surface area (TPSA) is 119 Å². The fourth-order valence-corrected chi connectivity index (χ4v) is 6.10. The number of para-hydroxylation sites is 1. The molecule has 48 heavy (non-hydrogen) atoms. The van der Waals surface area contributed by atoms with E-state index >= 15 is 0 Å². The van der Waals surface area contributed by atoms with Crippen LogP contribution in [0.2, 0.25) is 0 Å². The summed E-state index contributed by atoms with van der Waals surface area (Å²) < 4.78 is 13.0. The van der Waals surface area contributed by atoms with E-state index in [2.05, 4.69) is 26.3 Å². The van der Waals surface area contributed by atoms with Crippen molar-refractivity contribution in [1.29, 1.82) is 0 Å². The van der Waals surface area contributed by atoms with E-state index < -0.39 is 18.1 Å². The molecule has 2 amide bonds. The number of hydrogen-bond donors (Lipinski definition) is 3. The summed E-state index contributed by atoms with van der Waals surface area (Å²) in [5, 5.41) is 18.1. The second-order valence-corrected chi connectivity index (χ2v) is 11.9. The maximum Gasteiger partial charge on any atom is 0.407 e. The molecule has 0 saturated carbocycles. The number of nitrogens with one attached hydrogen (secondary N) is 3. The number of carbonyl (C=O) groups is 2. The summed E-state index contributed by atoms with van der Waals surface area (Å²) in [6.45, 7) is 1.93. The van der Waals surface area contributed by atoms with Gasteiger partial charge in [-0.25, -0.2) is 4.79 Å². The lowest BCUT2D eigenvalue weighted by Crippen LogP contribution is -2.48. The molecule has 2 heterocycles. The fourth-order valence-electron chi connectivity index (χ4n) is 6.10. The van der Waals surface area contributed by atoms with E-state index in [0.29, 0.717) is 31.8 Å². The molecule has 5 aromatic rings. The van der Waals surface area contributed by atoms with Crippen molar-refractivity contribution in [3.05, 3.63) is 138 Å². The highest BCUT2D eigenvalue weighted by atomic mass is 16.5.